The maximum Gasteiger partial charge on any atom is 0.451 e. The highest BCUT2D eigenvalue weighted by molar-refractivity contribution is 7.14. The molecule has 192 valence electrons. The molecule has 3 heterocycles. The zero-order valence-electron chi connectivity index (χ0n) is 20.0. The van der Waals surface area contributed by atoms with E-state index >= 15 is 0 Å². The Kier molecular flexibility index (Phi) is 7.86. The van der Waals surface area contributed by atoms with Gasteiger partial charge in [-0.1, -0.05) is 0 Å². The third-order valence-electron chi connectivity index (χ3n) is 5.59. The van der Waals surface area contributed by atoms with E-state index in [0.29, 0.717) is 30.1 Å². The lowest BCUT2D eigenvalue weighted by Crippen LogP contribution is -2.42. The minimum Gasteiger partial charge on any atom is -0.491 e. The minimum atomic E-state index is -4.63. The van der Waals surface area contributed by atoms with Crippen LogP contribution >= 0.6 is 11.3 Å². The van der Waals surface area contributed by atoms with Crippen molar-refractivity contribution in [3.63, 3.8) is 0 Å². The molecular weight excluding hydrogens is 495 g/mol. The van der Waals surface area contributed by atoms with Gasteiger partial charge >= 0.3 is 6.18 Å². The molecular formula is C24H26F3N5O3S. The number of alkyl halides is 3. The van der Waals surface area contributed by atoms with E-state index in [-0.39, 0.29) is 6.10 Å². The molecule has 8 nitrogen and oxygen atoms in total. The first-order chi connectivity index (χ1) is 17.1. The summed E-state index contributed by atoms with van der Waals surface area (Å²) in [5.41, 5.74) is 1.40. The van der Waals surface area contributed by atoms with Crippen molar-refractivity contribution in [3.05, 3.63) is 58.6 Å². The van der Waals surface area contributed by atoms with E-state index in [0.717, 1.165) is 40.9 Å². The number of rotatable bonds is 7. The molecule has 0 spiro atoms. The lowest BCUT2D eigenvalue weighted by atomic mass is 10.1. The summed E-state index contributed by atoms with van der Waals surface area (Å²) in [5, 5.41) is 3.53. The normalized spacial score (nSPS) is 17.6. The minimum absolute atomic E-state index is 0.0912. The molecule has 3 aromatic rings. The Morgan fingerprint density at radius 2 is 2.00 bits per heavy atom. The molecule has 1 aliphatic heterocycles. The zero-order chi connectivity index (χ0) is 25.9. The number of aromatic nitrogens is 3. The number of nitrogens with zero attached hydrogens (tertiary/aromatic N) is 4. The highest BCUT2D eigenvalue weighted by Gasteiger charge is 2.34. The standard InChI is InChI=1S/C24H26F3N5O3S/c1-14-9-28-22(36-14)17-6-16(7-19(8-17)35-13-20-12-32(3)4-5-34-20)21(33)31-15(2)18-10-29-23(30-11-18)24(25,26)27/h6-11,15,20H,4-5,12-13H2,1-3H3,(H,31,33)/t15?,20-/m1/s1. The van der Waals surface area contributed by atoms with Gasteiger partial charge in [-0.25, -0.2) is 15.0 Å². The molecule has 1 aliphatic rings. The lowest BCUT2D eigenvalue weighted by molar-refractivity contribution is -0.145. The molecule has 2 atom stereocenters. The van der Waals surface area contributed by atoms with Crippen molar-refractivity contribution in [1.29, 1.82) is 0 Å². The van der Waals surface area contributed by atoms with Gasteiger partial charge in [0.05, 0.1) is 12.6 Å². The van der Waals surface area contributed by atoms with Gasteiger partial charge in [-0.3, -0.25) is 4.79 Å². The summed E-state index contributed by atoms with van der Waals surface area (Å²) in [6, 6.07) is 4.54. The summed E-state index contributed by atoms with van der Waals surface area (Å²) in [6.45, 7) is 6.15. The fraction of sp³-hybridized carbons (Fsp3) is 0.417. The van der Waals surface area contributed by atoms with Crippen LogP contribution in [-0.2, 0) is 10.9 Å². The Balaban J connectivity index is 1.52. The molecule has 0 aliphatic carbocycles. The fourth-order valence-electron chi connectivity index (χ4n) is 3.65. The lowest BCUT2D eigenvalue weighted by Gasteiger charge is -2.29. The SMILES string of the molecule is Cc1cnc(-c2cc(OC[C@H]3CN(C)CCO3)cc(C(=O)NC(C)c3cnc(C(F)(F)F)nc3)c2)s1. The topological polar surface area (TPSA) is 89.5 Å². The van der Waals surface area contributed by atoms with Crippen molar-refractivity contribution >= 4 is 17.2 Å². The number of ether oxygens (including phenoxy) is 2. The third kappa shape index (κ3) is 6.56. The first-order valence-corrected chi connectivity index (χ1v) is 12.1. The van der Waals surface area contributed by atoms with Crippen LogP contribution in [0.3, 0.4) is 0 Å². The maximum atomic E-state index is 13.1. The summed E-state index contributed by atoms with van der Waals surface area (Å²) in [4.78, 5) is 27.4. The molecule has 1 amide bonds. The molecule has 0 radical (unpaired) electrons. The van der Waals surface area contributed by atoms with E-state index in [1.165, 1.54) is 11.3 Å². The number of morpholine rings is 1. The van der Waals surface area contributed by atoms with E-state index in [2.05, 4.69) is 25.2 Å². The Labute approximate surface area is 210 Å². The molecule has 1 N–H and O–H groups in total. The number of thiazole rings is 1. The van der Waals surface area contributed by atoms with Gasteiger partial charge in [-0.15, -0.1) is 11.3 Å². The third-order valence-corrected chi connectivity index (χ3v) is 6.55. The summed E-state index contributed by atoms with van der Waals surface area (Å²) in [5.74, 6) is -1.16. The number of halogens is 3. The van der Waals surface area contributed by atoms with Crippen LogP contribution in [0.4, 0.5) is 13.2 Å². The molecule has 2 aromatic heterocycles. The number of carbonyl (C=O) groups excluding carboxylic acids is 1. The van der Waals surface area contributed by atoms with Crippen LogP contribution in [-0.4, -0.2) is 65.2 Å². The van der Waals surface area contributed by atoms with E-state index in [9.17, 15) is 18.0 Å². The number of carbonyl (C=O) groups is 1. The van der Waals surface area contributed by atoms with Crippen molar-refractivity contribution < 1.29 is 27.4 Å². The predicted octanol–water partition coefficient (Wildman–Crippen LogP) is 4.13. The quantitative estimate of drug-likeness (QED) is 0.500. The van der Waals surface area contributed by atoms with Gasteiger partial charge in [0.25, 0.3) is 5.91 Å². The molecule has 1 saturated heterocycles. The summed E-state index contributed by atoms with van der Waals surface area (Å²) in [7, 11) is 2.02. The van der Waals surface area contributed by atoms with Crippen LogP contribution < -0.4 is 10.1 Å². The van der Waals surface area contributed by atoms with Crippen LogP contribution in [0.5, 0.6) is 5.75 Å². The summed E-state index contributed by atoms with van der Waals surface area (Å²) in [6.07, 6.45) is -0.845. The van der Waals surface area contributed by atoms with Gasteiger partial charge < -0.3 is 19.7 Å². The second-order valence-corrected chi connectivity index (χ2v) is 9.86. The Bertz CT molecular complexity index is 1200. The molecule has 0 saturated carbocycles. The molecule has 4 rings (SSSR count). The number of hydrogen-bond acceptors (Lipinski definition) is 8. The molecule has 0 bridgehead atoms. The zero-order valence-corrected chi connectivity index (χ0v) is 20.8. The number of amides is 1. The number of aryl methyl sites for hydroxylation is 1. The number of likely N-dealkylation sites (N-methyl/N-ethyl adjacent to an activating group) is 1. The second-order valence-electron chi connectivity index (χ2n) is 8.62. The average Bonchev–Trinajstić information content (AvgIpc) is 3.28. The van der Waals surface area contributed by atoms with E-state index in [1.807, 2.05) is 20.0 Å². The first kappa shape index (κ1) is 26.0. The van der Waals surface area contributed by atoms with Crippen molar-refractivity contribution in [2.45, 2.75) is 32.2 Å². The Morgan fingerprint density at radius 3 is 2.64 bits per heavy atom. The summed E-state index contributed by atoms with van der Waals surface area (Å²) < 4.78 is 50.0. The molecule has 1 aromatic carbocycles. The van der Waals surface area contributed by atoms with Crippen molar-refractivity contribution in [3.8, 4) is 16.3 Å². The first-order valence-electron chi connectivity index (χ1n) is 11.3. The highest BCUT2D eigenvalue weighted by Crippen LogP contribution is 2.30. The number of benzene rings is 1. The second kappa shape index (κ2) is 10.9. The van der Waals surface area contributed by atoms with Gasteiger partial charge in [0, 0.05) is 53.2 Å². The van der Waals surface area contributed by atoms with Crippen molar-refractivity contribution in [2.24, 2.45) is 0 Å². The van der Waals surface area contributed by atoms with Crippen molar-refractivity contribution in [1.82, 2.24) is 25.2 Å². The van der Waals surface area contributed by atoms with Crippen molar-refractivity contribution in [2.75, 3.05) is 33.4 Å². The van der Waals surface area contributed by atoms with Crippen LogP contribution in [0.15, 0.2) is 36.8 Å². The van der Waals surface area contributed by atoms with E-state index in [1.54, 1.807) is 25.3 Å². The summed E-state index contributed by atoms with van der Waals surface area (Å²) >= 11 is 1.49. The largest absolute Gasteiger partial charge is 0.491 e. The molecule has 1 unspecified atom stereocenters. The van der Waals surface area contributed by atoms with Gasteiger partial charge in [0.1, 0.15) is 23.5 Å². The van der Waals surface area contributed by atoms with Gasteiger partial charge in [-0.2, -0.15) is 13.2 Å². The fourth-order valence-corrected chi connectivity index (χ4v) is 4.40. The smallest absolute Gasteiger partial charge is 0.451 e. The highest BCUT2D eigenvalue weighted by atomic mass is 32.1. The van der Waals surface area contributed by atoms with Crippen LogP contribution in [0.25, 0.3) is 10.6 Å². The van der Waals surface area contributed by atoms with Gasteiger partial charge in [0.15, 0.2) is 0 Å². The van der Waals surface area contributed by atoms with Crippen LogP contribution in [0, 0.1) is 6.92 Å². The monoisotopic (exact) mass is 521 g/mol. The maximum absolute atomic E-state index is 13.1. The molecule has 1 fully saturated rings. The molecule has 12 heteroatoms. The van der Waals surface area contributed by atoms with Crippen LogP contribution in [0.2, 0.25) is 0 Å². The number of hydrogen-bond donors (Lipinski definition) is 1. The Hall–Kier alpha value is -3.09. The average molecular weight is 522 g/mol. The Morgan fingerprint density at radius 1 is 1.25 bits per heavy atom. The van der Waals surface area contributed by atoms with E-state index < -0.39 is 23.9 Å². The van der Waals surface area contributed by atoms with Gasteiger partial charge in [0.2, 0.25) is 5.82 Å². The number of nitrogens with one attached hydrogen (secondary N) is 1. The van der Waals surface area contributed by atoms with Crippen LogP contribution in [0.1, 0.15) is 39.6 Å². The van der Waals surface area contributed by atoms with Gasteiger partial charge in [-0.05, 0) is 39.1 Å². The van der Waals surface area contributed by atoms with E-state index in [4.69, 9.17) is 9.47 Å². The predicted molar refractivity (Wildman–Crippen MR) is 128 cm³/mol. The molecule has 36 heavy (non-hydrogen) atoms.